The Morgan fingerprint density at radius 3 is 2.71 bits per heavy atom. The molecule has 0 radical (unpaired) electrons. The van der Waals surface area contributed by atoms with Crippen LogP contribution in [0.5, 0.6) is 0 Å². The van der Waals surface area contributed by atoms with E-state index >= 15 is 0 Å². The third-order valence-corrected chi connectivity index (χ3v) is 4.41. The van der Waals surface area contributed by atoms with Gasteiger partial charge >= 0.3 is 6.18 Å². The molecular weight excluding hydrogens is 281 g/mol. The SMILES string of the molecule is CC1(C)CCCN2c3ccc(C(F)(F)F)cc3NC(=O)C21. The number of hydrogen-bond acceptors (Lipinski definition) is 2. The van der Waals surface area contributed by atoms with Crippen LogP contribution < -0.4 is 10.2 Å². The zero-order valence-corrected chi connectivity index (χ0v) is 11.9. The lowest BCUT2D eigenvalue weighted by atomic mass is 9.75. The minimum atomic E-state index is -4.40. The van der Waals surface area contributed by atoms with Gasteiger partial charge in [0.15, 0.2) is 0 Å². The number of anilines is 2. The number of nitrogens with one attached hydrogen (secondary N) is 1. The molecule has 1 aromatic rings. The van der Waals surface area contributed by atoms with Crippen molar-refractivity contribution in [2.24, 2.45) is 5.41 Å². The van der Waals surface area contributed by atoms with Gasteiger partial charge in [-0.1, -0.05) is 13.8 Å². The van der Waals surface area contributed by atoms with E-state index in [1.165, 1.54) is 6.07 Å². The molecule has 3 rings (SSSR count). The quantitative estimate of drug-likeness (QED) is 0.793. The number of carbonyl (C=O) groups excluding carboxylic acids is 1. The van der Waals surface area contributed by atoms with Crippen LogP contribution in [0.1, 0.15) is 32.3 Å². The summed E-state index contributed by atoms with van der Waals surface area (Å²) in [5.74, 6) is -0.216. The van der Waals surface area contributed by atoms with Gasteiger partial charge in [0.1, 0.15) is 6.04 Å². The molecule has 114 valence electrons. The van der Waals surface area contributed by atoms with Crippen LogP contribution in [-0.4, -0.2) is 18.5 Å². The summed E-state index contributed by atoms with van der Waals surface area (Å²) in [7, 11) is 0. The molecule has 1 amide bonds. The molecular formula is C15H17F3N2O. The number of fused-ring (bicyclic) bond motifs is 3. The number of alkyl halides is 3. The fourth-order valence-electron chi connectivity index (χ4n) is 3.41. The van der Waals surface area contributed by atoms with Gasteiger partial charge < -0.3 is 10.2 Å². The van der Waals surface area contributed by atoms with Crippen molar-refractivity contribution in [1.29, 1.82) is 0 Å². The molecule has 1 aromatic carbocycles. The summed E-state index contributed by atoms with van der Waals surface area (Å²) in [4.78, 5) is 14.3. The van der Waals surface area contributed by atoms with Gasteiger partial charge in [-0.3, -0.25) is 4.79 Å². The highest BCUT2D eigenvalue weighted by Gasteiger charge is 2.46. The minimum Gasteiger partial charge on any atom is -0.357 e. The average molecular weight is 298 g/mol. The van der Waals surface area contributed by atoms with Gasteiger partial charge in [0, 0.05) is 6.54 Å². The molecule has 0 spiro atoms. The number of amides is 1. The molecule has 3 nitrogen and oxygen atoms in total. The lowest BCUT2D eigenvalue weighted by Gasteiger charge is -2.49. The van der Waals surface area contributed by atoms with Crippen molar-refractivity contribution < 1.29 is 18.0 Å². The number of carbonyl (C=O) groups is 1. The maximum Gasteiger partial charge on any atom is 0.416 e. The molecule has 0 bridgehead atoms. The first-order valence-corrected chi connectivity index (χ1v) is 6.99. The first-order chi connectivity index (χ1) is 9.70. The maximum absolute atomic E-state index is 12.8. The largest absolute Gasteiger partial charge is 0.416 e. The summed E-state index contributed by atoms with van der Waals surface area (Å²) in [5, 5.41) is 2.65. The second kappa shape index (κ2) is 4.39. The predicted octanol–water partition coefficient (Wildman–Crippen LogP) is 3.65. The summed E-state index contributed by atoms with van der Waals surface area (Å²) in [5.41, 5.74) is 0.00309. The van der Waals surface area contributed by atoms with E-state index in [1.54, 1.807) is 0 Å². The van der Waals surface area contributed by atoms with Crippen LogP contribution in [0.2, 0.25) is 0 Å². The third kappa shape index (κ3) is 2.26. The average Bonchev–Trinajstić information content (AvgIpc) is 2.35. The maximum atomic E-state index is 12.8. The summed E-state index contributed by atoms with van der Waals surface area (Å²) in [6.45, 7) is 4.75. The normalized spacial score (nSPS) is 24.1. The second-order valence-corrected chi connectivity index (χ2v) is 6.41. The van der Waals surface area contributed by atoms with Crippen LogP contribution in [0.15, 0.2) is 18.2 Å². The van der Waals surface area contributed by atoms with E-state index in [-0.39, 0.29) is 23.1 Å². The number of piperidine rings is 1. The molecule has 1 saturated heterocycles. The zero-order valence-electron chi connectivity index (χ0n) is 11.9. The minimum absolute atomic E-state index is 0.192. The Kier molecular flexibility index (Phi) is 2.97. The van der Waals surface area contributed by atoms with Gasteiger partial charge in [0.05, 0.1) is 16.9 Å². The zero-order chi connectivity index (χ0) is 15.4. The Morgan fingerprint density at radius 1 is 1.33 bits per heavy atom. The molecule has 21 heavy (non-hydrogen) atoms. The second-order valence-electron chi connectivity index (χ2n) is 6.41. The summed E-state index contributed by atoms with van der Waals surface area (Å²) < 4.78 is 38.4. The summed E-state index contributed by atoms with van der Waals surface area (Å²) >= 11 is 0. The monoisotopic (exact) mass is 298 g/mol. The predicted molar refractivity (Wildman–Crippen MR) is 74.2 cm³/mol. The van der Waals surface area contributed by atoms with E-state index in [0.717, 1.165) is 25.0 Å². The molecule has 2 heterocycles. The van der Waals surface area contributed by atoms with Crippen LogP contribution >= 0.6 is 0 Å². The first-order valence-electron chi connectivity index (χ1n) is 6.99. The summed E-state index contributed by atoms with van der Waals surface area (Å²) in [6.07, 6.45) is -2.55. The van der Waals surface area contributed by atoms with E-state index in [2.05, 4.69) is 5.32 Å². The van der Waals surface area contributed by atoms with Gasteiger partial charge in [-0.2, -0.15) is 13.2 Å². The van der Waals surface area contributed by atoms with Crippen LogP contribution in [0.25, 0.3) is 0 Å². The fraction of sp³-hybridized carbons (Fsp3) is 0.533. The van der Waals surface area contributed by atoms with Gasteiger partial charge in [0.25, 0.3) is 0 Å². The van der Waals surface area contributed by atoms with Crippen molar-refractivity contribution in [2.75, 3.05) is 16.8 Å². The molecule has 1 unspecified atom stereocenters. The lowest BCUT2D eigenvalue weighted by molar-refractivity contribution is -0.137. The highest BCUT2D eigenvalue weighted by molar-refractivity contribution is 6.04. The highest BCUT2D eigenvalue weighted by atomic mass is 19.4. The molecule has 6 heteroatoms. The number of rotatable bonds is 0. The van der Waals surface area contributed by atoms with Gasteiger partial charge in [0.2, 0.25) is 5.91 Å². The number of halogens is 3. The standard InChI is InChI=1S/C15H17F3N2O/c1-14(2)6-3-7-20-11-5-4-9(15(16,17)18)8-10(11)19-13(21)12(14)20/h4-5,8,12H,3,6-7H2,1-2H3,(H,19,21). The number of nitrogens with zero attached hydrogens (tertiary/aromatic N) is 1. The Bertz CT molecular complexity index is 595. The van der Waals surface area contributed by atoms with Crippen molar-refractivity contribution in [2.45, 2.75) is 38.9 Å². The van der Waals surface area contributed by atoms with E-state index in [4.69, 9.17) is 0 Å². The smallest absolute Gasteiger partial charge is 0.357 e. The molecule has 1 N–H and O–H groups in total. The van der Waals surface area contributed by atoms with Gasteiger partial charge in [-0.05, 0) is 36.5 Å². The van der Waals surface area contributed by atoms with E-state index in [0.29, 0.717) is 12.2 Å². The third-order valence-electron chi connectivity index (χ3n) is 4.41. The first kappa shape index (κ1) is 14.2. The topological polar surface area (TPSA) is 32.3 Å². The van der Waals surface area contributed by atoms with Crippen LogP contribution in [0, 0.1) is 5.41 Å². The Labute approximate surface area is 121 Å². The molecule has 1 atom stereocenters. The van der Waals surface area contributed by atoms with Crippen molar-refractivity contribution in [3.63, 3.8) is 0 Å². The Hall–Kier alpha value is -1.72. The van der Waals surface area contributed by atoms with Crippen LogP contribution in [0.4, 0.5) is 24.5 Å². The highest BCUT2D eigenvalue weighted by Crippen LogP contribution is 2.45. The number of benzene rings is 1. The van der Waals surface area contributed by atoms with Crippen LogP contribution in [-0.2, 0) is 11.0 Å². The van der Waals surface area contributed by atoms with Gasteiger partial charge in [-0.25, -0.2) is 0 Å². The molecule has 2 aliphatic rings. The molecule has 0 saturated carbocycles. The van der Waals surface area contributed by atoms with E-state index < -0.39 is 11.7 Å². The van der Waals surface area contributed by atoms with Gasteiger partial charge in [-0.15, -0.1) is 0 Å². The Balaban J connectivity index is 2.06. The van der Waals surface area contributed by atoms with Crippen molar-refractivity contribution in [1.82, 2.24) is 0 Å². The van der Waals surface area contributed by atoms with E-state index in [9.17, 15) is 18.0 Å². The van der Waals surface area contributed by atoms with Crippen molar-refractivity contribution >= 4 is 17.3 Å². The van der Waals surface area contributed by atoms with Crippen molar-refractivity contribution in [3.8, 4) is 0 Å². The molecule has 0 aromatic heterocycles. The lowest BCUT2D eigenvalue weighted by Crippen LogP contribution is -2.58. The van der Waals surface area contributed by atoms with Crippen molar-refractivity contribution in [3.05, 3.63) is 23.8 Å². The summed E-state index contributed by atoms with van der Waals surface area (Å²) in [6, 6.07) is 3.24. The molecule has 0 aliphatic carbocycles. The fourth-order valence-corrected chi connectivity index (χ4v) is 3.41. The van der Waals surface area contributed by atoms with E-state index in [1.807, 2.05) is 18.7 Å². The Morgan fingerprint density at radius 2 is 2.05 bits per heavy atom. The number of hydrogen-bond donors (Lipinski definition) is 1. The molecule has 1 fully saturated rings. The van der Waals surface area contributed by atoms with Crippen LogP contribution in [0.3, 0.4) is 0 Å². The molecule has 2 aliphatic heterocycles.